The van der Waals surface area contributed by atoms with Crippen molar-refractivity contribution in [3.8, 4) is 23.0 Å². The molecular formula is C39H32ClF8N7O6S2. The summed E-state index contributed by atoms with van der Waals surface area (Å²) in [6.45, 7) is -0.179. The number of nitrogens with one attached hydrogen (secondary N) is 2. The Balaban J connectivity index is 1.45. The Kier molecular flexibility index (Phi) is 11.2. The molecule has 2 aromatic carbocycles. The minimum atomic E-state index is -4.99. The lowest BCUT2D eigenvalue weighted by molar-refractivity contribution is -0.142. The van der Waals surface area contributed by atoms with Crippen molar-refractivity contribution in [3.05, 3.63) is 93.0 Å². The standard InChI is InChI=1S/C39H32ClF8N7O6S2/c1-37(2,62(3,58)59)10-9-21-5-6-22(23-7-8-26(40)30-32(23)55(17-38(43,44)45)52-36(30)53-63(4,60)61)31(49-21)27(13-18-11-19(41)14-20(42)12-18)50-28(56)16-54-33-29(24-15-25(24)34(33)57)35(51-54)39(46,47)48/h5-8,11-12,14,24-25,27H,13,15-17H2,1-4H3,(H,50,56)(H,52,53)/t24-,25+,27-/m0/s1. The monoisotopic (exact) mass is 945 g/mol. The van der Waals surface area contributed by atoms with Gasteiger partial charge in [-0.3, -0.25) is 23.7 Å². The van der Waals surface area contributed by atoms with Crippen molar-refractivity contribution in [2.45, 2.75) is 68.8 Å². The van der Waals surface area contributed by atoms with Gasteiger partial charge in [0.15, 0.2) is 27.1 Å². The van der Waals surface area contributed by atoms with E-state index in [0.717, 1.165) is 24.6 Å². The highest BCUT2D eigenvalue weighted by molar-refractivity contribution is 7.92. The van der Waals surface area contributed by atoms with E-state index in [1.807, 2.05) is 4.72 Å². The molecule has 1 amide bonds. The van der Waals surface area contributed by atoms with Crippen LogP contribution in [0.4, 0.5) is 40.9 Å². The second-order valence-corrected chi connectivity index (χ2v) is 20.4. The second kappa shape index (κ2) is 15.6. The van der Waals surface area contributed by atoms with Crippen LogP contribution in [0.25, 0.3) is 22.0 Å². The van der Waals surface area contributed by atoms with Gasteiger partial charge in [-0.05, 0) is 74.4 Å². The van der Waals surface area contributed by atoms with Crippen LogP contribution in [0.15, 0.2) is 42.5 Å². The summed E-state index contributed by atoms with van der Waals surface area (Å²) in [5.41, 5.74) is -3.39. The maximum Gasteiger partial charge on any atom is 0.435 e. The zero-order valence-corrected chi connectivity index (χ0v) is 35.4. The van der Waals surface area contributed by atoms with Crippen LogP contribution in [0.3, 0.4) is 0 Å². The van der Waals surface area contributed by atoms with E-state index in [2.05, 4.69) is 32.3 Å². The molecule has 3 aromatic heterocycles. The third-order valence-electron chi connectivity index (χ3n) is 10.4. The van der Waals surface area contributed by atoms with Crippen LogP contribution in [0.1, 0.15) is 70.9 Å². The first-order valence-electron chi connectivity index (χ1n) is 18.5. The number of carbonyl (C=O) groups excluding carboxylic acids is 2. The number of benzene rings is 2. The van der Waals surface area contributed by atoms with Crippen molar-refractivity contribution < 1.29 is 61.5 Å². The van der Waals surface area contributed by atoms with Gasteiger partial charge in [-0.2, -0.15) is 36.5 Å². The quantitative estimate of drug-likeness (QED) is 0.107. The third-order valence-corrected chi connectivity index (χ3v) is 13.2. The molecule has 1 saturated carbocycles. The fourth-order valence-corrected chi connectivity index (χ4v) is 8.29. The van der Waals surface area contributed by atoms with Crippen LogP contribution >= 0.6 is 11.6 Å². The van der Waals surface area contributed by atoms with Crippen LogP contribution < -0.4 is 10.0 Å². The second-order valence-electron chi connectivity index (χ2n) is 15.7. The molecule has 3 heterocycles. The van der Waals surface area contributed by atoms with Gasteiger partial charge in [0.25, 0.3) is 0 Å². The Labute approximate surface area is 358 Å². The highest BCUT2D eigenvalue weighted by atomic mass is 35.5. The number of ketones is 1. The number of hydrogen-bond acceptors (Lipinski definition) is 9. The van der Waals surface area contributed by atoms with Crippen LogP contribution in [-0.2, 0) is 50.3 Å². The first kappa shape index (κ1) is 45.4. The molecule has 334 valence electrons. The average molecular weight is 946 g/mol. The number of pyridine rings is 1. The molecule has 0 unspecified atom stereocenters. The number of sulfone groups is 1. The van der Waals surface area contributed by atoms with E-state index in [0.29, 0.717) is 15.4 Å². The summed E-state index contributed by atoms with van der Waals surface area (Å²) >= 11 is 6.48. The number of halogens is 9. The Morgan fingerprint density at radius 3 is 2.19 bits per heavy atom. The number of sulfonamides is 1. The van der Waals surface area contributed by atoms with Crippen LogP contribution in [0.2, 0.25) is 5.02 Å². The van der Waals surface area contributed by atoms with Crippen molar-refractivity contribution in [1.82, 2.24) is 29.9 Å². The van der Waals surface area contributed by atoms with Crippen LogP contribution in [0, 0.1) is 29.4 Å². The van der Waals surface area contributed by atoms with Gasteiger partial charge >= 0.3 is 12.4 Å². The van der Waals surface area contributed by atoms with Crippen molar-refractivity contribution in [2.75, 3.05) is 17.2 Å². The summed E-state index contributed by atoms with van der Waals surface area (Å²) in [4.78, 5) is 31.7. The first-order chi connectivity index (χ1) is 29.0. The minimum Gasteiger partial charge on any atom is -0.346 e. The Bertz CT molecular complexity index is 3030. The molecule has 2 aliphatic rings. The zero-order chi connectivity index (χ0) is 46.4. The van der Waals surface area contributed by atoms with Gasteiger partial charge in [0.05, 0.1) is 33.9 Å². The number of aromatic nitrogens is 5. The predicted octanol–water partition coefficient (Wildman–Crippen LogP) is 6.75. The molecule has 0 radical (unpaired) electrons. The zero-order valence-electron chi connectivity index (χ0n) is 33.0. The first-order valence-corrected chi connectivity index (χ1v) is 22.6. The molecule has 63 heavy (non-hydrogen) atoms. The number of nitrogens with zero attached hydrogens (tertiary/aromatic N) is 5. The van der Waals surface area contributed by atoms with Gasteiger partial charge in [0.2, 0.25) is 15.9 Å². The number of anilines is 1. The summed E-state index contributed by atoms with van der Waals surface area (Å²) < 4.78 is 165. The van der Waals surface area contributed by atoms with Crippen LogP contribution in [-0.4, -0.2) is 76.5 Å². The van der Waals surface area contributed by atoms with Gasteiger partial charge in [-0.15, -0.1) is 0 Å². The van der Waals surface area contributed by atoms with Crippen molar-refractivity contribution in [2.24, 2.45) is 5.92 Å². The summed E-state index contributed by atoms with van der Waals surface area (Å²) in [5, 5.41) is 9.45. The molecule has 0 saturated heterocycles. The lowest BCUT2D eigenvalue weighted by atomic mass is 9.93. The Hall–Kier alpha value is -5.60. The topological polar surface area (TPSA) is 175 Å². The van der Waals surface area contributed by atoms with E-state index < -0.39 is 120 Å². The fourth-order valence-electron chi connectivity index (χ4n) is 7.32. The van der Waals surface area contributed by atoms with E-state index in [4.69, 9.17) is 11.6 Å². The fraction of sp³-hybridized carbons (Fsp3) is 0.359. The Morgan fingerprint density at radius 1 is 0.937 bits per heavy atom. The lowest BCUT2D eigenvalue weighted by Gasteiger charge is -2.23. The lowest BCUT2D eigenvalue weighted by Crippen LogP contribution is -2.34. The van der Waals surface area contributed by atoms with Gasteiger partial charge in [-0.1, -0.05) is 23.6 Å². The van der Waals surface area contributed by atoms with Crippen molar-refractivity contribution in [3.63, 3.8) is 0 Å². The Morgan fingerprint density at radius 2 is 1.59 bits per heavy atom. The summed E-state index contributed by atoms with van der Waals surface area (Å²) in [6.07, 6.45) is -8.67. The third kappa shape index (κ3) is 9.38. The molecule has 3 atom stereocenters. The number of hydrogen-bond donors (Lipinski definition) is 2. The summed E-state index contributed by atoms with van der Waals surface area (Å²) in [6, 6.07) is 5.68. The molecule has 24 heteroatoms. The van der Waals surface area contributed by atoms with Crippen molar-refractivity contribution >= 4 is 59.9 Å². The van der Waals surface area contributed by atoms with Gasteiger partial charge in [-0.25, -0.2) is 30.6 Å². The number of amides is 1. The summed E-state index contributed by atoms with van der Waals surface area (Å²) in [7, 11) is -8.00. The molecular weight excluding hydrogens is 914 g/mol. The molecule has 0 bridgehead atoms. The van der Waals surface area contributed by atoms with E-state index >= 15 is 0 Å². The van der Waals surface area contributed by atoms with E-state index in [-0.39, 0.29) is 50.5 Å². The van der Waals surface area contributed by atoms with Gasteiger partial charge in [0.1, 0.15) is 40.9 Å². The molecule has 5 aromatic rings. The molecule has 1 fully saturated rings. The highest BCUT2D eigenvalue weighted by Gasteiger charge is 2.58. The van der Waals surface area contributed by atoms with E-state index in [1.165, 1.54) is 38.1 Å². The molecule has 0 spiro atoms. The molecule has 13 nitrogen and oxygen atoms in total. The van der Waals surface area contributed by atoms with Gasteiger partial charge in [0, 0.05) is 34.9 Å². The molecule has 0 aliphatic heterocycles. The summed E-state index contributed by atoms with van der Waals surface area (Å²) in [5.74, 6) is -0.688. The molecule has 2 aliphatic carbocycles. The molecule has 7 rings (SSSR count). The minimum absolute atomic E-state index is 0.127. The molecule has 2 N–H and O–H groups in total. The highest BCUT2D eigenvalue weighted by Crippen LogP contribution is 2.58. The number of alkyl halides is 6. The largest absolute Gasteiger partial charge is 0.435 e. The van der Waals surface area contributed by atoms with Crippen molar-refractivity contribution in [1.29, 1.82) is 0 Å². The van der Waals surface area contributed by atoms with Gasteiger partial charge < -0.3 is 5.32 Å². The number of fused-ring (bicyclic) bond motifs is 4. The maximum absolute atomic E-state index is 14.6. The normalized spacial score (nSPS) is 16.9. The van der Waals surface area contributed by atoms with Crippen LogP contribution in [0.5, 0.6) is 0 Å². The number of Topliss-reactive ketones (excluding diaryl/α,β-unsaturated/α-hetero) is 1. The SMILES string of the molecule is CC(C)(C#Cc1ccc(-c2ccc(Cl)c3c(NS(C)(=O)=O)nn(CC(F)(F)F)c23)c([C@H](Cc2cc(F)cc(F)c2)NC(=O)Cn2nc(C(F)(F)F)c3c2C(=O)[C@@H]2C[C@H]32)n1)S(C)(=O)=O. The maximum atomic E-state index is 14.6. The number of rotatable bonds is 11. The van der Waals surface area contributed by atoms with E-state index in [1.54, 1.807) is 0 Å². The predicted molar refractivity (Wildman–Crippen MR) is 212 cm³/mol. The number of carbonyl (C=O) groups is 2. The smallest absolute Gasteiger partial charge is 0.346 e. The van der Waals surface area contributed by atoms with E-state index in [9.17, 15) is 61.5 Å². The average Bonchev–Trinajstić information content (AvgIpc) is 3.60.